The number of aliphatic carboxylic acids is 1. The second-order valence-corrected chi connectivity index (χ2v) is 10.3. The molecule has 1 aromatic carbocycles. The SMILES string of the molecule is CC[C@H](C)C([C@@H](CC(=O)O)OC)N(C)C(=O)[C@@H](NC(=O)[C@H]([C@@H](C)O)N(C)C(=O)OCc1ccccc1)C(C)C. The number of nitrogens with zero attached hydrogens (tertiary/aromatic N) is 2. The molecule has 3 N–H and O–H groups in total. The van der Waals surface area contributed by atoms with Gasteiger partial charge in [-0.1, -0.05) is 64.4 Å². The summed E-state index contributed by atoms with van der Waals surface area (Å²) in [4.78, 5) is 53.6. The predicted molar refractivity (Wildman–Crippen MR) is 146 cm³/mol. The average Bonchev–Trinajstić information content (AvgIpc) is 2.89. The fourth-order valence-corrected chi connectivity index (χ4v) is 4.53. The van der Waals surface area contributed by atoms with Crippen molar-refractivity contribution in [3.05, 3.63) is 35.9 Å². The maximum Gasteiger partial charge on any atom is 0.410 e. The number of likely N-dealkylation sites (N-methyl/N-ethyl adjacent to an activating group) is 2. The quantitative estimate of drug-likeness (QED) is 0.301. The molecule has 6 atom stereocenters. The van der Waals surface area contributed by atoms with Crippen LogP contribution in [0.1, 0.15) is 53.0 Å². The van der Waals surface area contributed by atoms with Crippen LogP contribution in [0.2, 0.25) is 0 Å². The number of carboxylic acids is 1. The van der Waals surface area contributed by atoms with Crippen molar-refractivity contribution >= 4 is 23.9 Å². The van der Waals surface area contributed by atoms with Gasteiger partial charge in [0.25, 0.3) is 0 Å². The van der Waals surface area contributed by atoms with Crippen LogP contribution in [0.3, 0.4) is 0 Å². The van der Waals surface area contributed by atoms with E-state index in [4.69, 9.17) is 9.47 Å². The fourth-order valence-electron chi connectivity index (χ4n) is 4.53. The Morgan fingerprint density at radius 2 is 1.59 bits per heavy atom. The van der Waals surface area contributed by atoms with Gasteiger partial charge in [0.1, 0.15) is 18.7 Å². The Bertz CT molecular complexity index is 940. The number of ether oxygens (including phenoxy) is 2. The van der Waals surface area contributed by atoms with Gasteiger partial charge < -0.3 is 29.9 Å². The summed E-state index contributed by atoms with van der Waals surface area (Å²) in [5.41, 5.74) is 0.763. The molecule has 0 heterocycles. The van der Waals surface area contributed by atoms with Gasteiger partial charge in [0, 0.05) is 21.2 Å². The number of carboxylic acid groups (broad SMARTS) is 1. The van der Waals surface area contributed by atoms with Crippen molar-refractivity contribution in [3.63, 3.8) is 0 Å². The molecular formula is C28H45N3O8. The van der Waals surface area contributed by atoms with Crippen LogP contribution in [0.25, 0.3) is 0 Å². The summed E-state index contributed by atoms with van der Waals surface area (Å²) < 4.78 is 10.8. The number of nitrogens with one attached hydrogen (secondary N) is 1. The van der Waals surface area contributed by atoms with Gasteiger partial charge in [-0.15, -0.1) is 0 Å². The van der Waals surface area contributed by atoms with Gasteiger partial charge >= 0.3 is 12.1 Å². The van der Waals surface area contributed by atoms with Crippen LogP contribution in [0.15, 0.2) is 30.3 Å². The minimum Gasteiger partial charge on any atom is -0.481 e. The van der Waals surface area contributed by atoms with Crippen LogP contribution in [0, 0.1) is 11.8 Å². The van der Waals surface area contributed by atoms with Crippen LogP contribution in [-0.2, 0) is 30.5 Å². The summed E-state index contributed by atoms with van der Waals surface area (Å²) in [5.74, 6) is -2.66. The van der Waals surface area contributed by atoms with E-state index in [0.29, 0.717) is 6.42 Å². The molecule has 0 aliphatic heterocycles. The van der Waals surface area contributed by atoms with E-state index >= 15 is 0 Å². The summed E-state index contributed by atoms with van der Waals surface area (Å²) in [6.45, 7) is 8.72. The molecule has 0 saturated heterocycles. The molecule has 0 aliphatic rings. The topological polar surface area (TPSA) is 146 Å². The number of methoxy groups -OCH3 is 1. The Kier molecular flexibility index (Phi) is 13.9. The number of amides is 3. The third-order valence-corrected chi connectivity index (χ3v) is 6.95. The van der Waals surface area contributed by atoms with E-state index in [2.05, 4.69) is 5.32 Å². The Labute approximate surface area is 231 Å². The molecule has 0 spiro atoms. The van der Waals surface area contributed by atoms with Crippen molar-refractivity contribution in [3.8, 4) is 0 Å². The average molecular weight is 552 g/mol. The summed E-state index contributed by atoms with van der Waals surface area (Å²) >= 11 is 0. The maximum absolute atomic E-state index is 13.7. The normalized spacial score (nSPS) is 15.8. The fraction of sp³-hybridized carbons (Fsp3) is 0.643. The summed E-state index contributed by atoms with van der Waals surface area (Å²) in [5, 5.41) is 22.5. The van der Waals surface area contributed by atoms with Gasteiger partial charge in [0.15, 0.2) is 0 Å². The zero-order valence-electron chi connectivity index (χ0n) is 24.3. The lowest BCUT2D eigenvalue weighted by Crippen LogP contribution is -2.61. The van der Waals surface area contributed by atoms with Crippen LogP contribution in [0.4, 0.5) is 4.79 Å². The van der Waals surface area contributed by atoms with Crippen molar-refractivity contribution in [1.29, 1.82) is 0 Å². The predicted octanol–water partition coefficient (Wildman–Crippen LogP) is 2.51. The molecule has 1 aromatic rings. The Morgan fingerprint density at radius 1 is 1.00 bits per heavy atom. The minimum atomic E-state index is -1.32. The molecule has 0 aromatic heterocycles. The number of hydrogen-bond acceptors (Lipinski definition) is 7. The van der Waals surface area contributed by atoms with Crippen molar-refractivity contribution < 1.29 is 38.9 Å². The maximum atomic E-state index is 13.7. The molecule has 1 rings (SSSR count). The van der Waals surface area contributed by atoms with Gasteiger partial charge in [-0.05, 0) is 24.3 Å². The number of aliphatic hydroxyl groups is 1. The van der Waals surface area contributed by atoms with Crippen molar-refractivity contribution in [2.45, 2.75) is 84.4 Å². The molecule has 0 bridgehead atoms. The Hall–Kier alpha value is -3.18. The lowest BCUT2D eigenvalue weighted by Gasteiger charge is -2.40. The molecule has 0 saturated carbocycles. The van der Waals surface area contributed by atoms with Crippen molar-refractivity contribution in [2.24, 2.45) is 11.8 Å². The third-order valence-electron chi connectivity index (χ3n) is 6.95. The van der Waals surface area contributed by atoms with E-state index in [0.717, 1.165) is 10.5 Å². The van der Waals surface area contributed by atoms with E-state index < -0.39 is 54.2 Å². The van der Waals surface area contributed by atoms with Crippen LogP contribution in [-0.4, -0.2) is 95.4 Å². The summed E-state index contributed by atoms with van der Waals surface area (Å²) in [6.07, 6.45) is -2.45. The first-order valence-corrected chi connectivity index (χ1v) is 13.2. The lowest BCUT2D eigenvalue weighted by molar-refractivity contribution is -0.148. The molecule has 39 heavy (non-hydrogen) atoms. The summed E-state index contributed by atoms with van der Waals surface area (Å²) in [6, 6.07) is 6.13. The molecule has 0 fully saturated rings. The smallest absolute Gasteiger partial charge is 0.410 e. The van der Waals surface area contributed by atoms with Crippen LogP contribution in [0.5, 0.6) is 0 Å². The highest BCUT2D eigenvalue weighted by Crippen LogP contribution is 2.23. The molecule has 3 amide bonds. The van der Waals surface area contributed by atoms with Crippen LogP contribution >= 0.6 is 0 Å². The molecular weight excluding hydrogens is 506 g/mol. The molecule has 1 unspecified atom stereocenters. The van der Waals surface area contributed by atoms with Crippen molar-refractivity contribution in [1.82, 2.24) is 15.1 Å². The van der Waals surface area contributed by atoms with Gasteiger partial charge in [-0.3, -0.25) is 19.3 Å². The van der Waals surface area contributed by atoms with E-state index in [1.807, 2.05) is 19.9 Å². The summed E-state index contributed by atoms with van der Waals surface area (Å²) in [7, 11) is 4.31. The first kappa shape index (κ1) is 33.8. The number of carbonyl (C=O) groups is 4. The standard InChI is InChI=1S/C28H45N3O8/c1-9-18(4)24(21(38-8)15-22(33)34)30(6)27(36)23(17(2)3)29-26(35)25(19(5)32)31(7)28(37)39-16-20-13-11-10-12-14-20/h10-14,17-19,21,23-25,32H,9,15-16H2,1-8H3,(H,29,35)(H,33,34)/t18-,19+,21+,23-,24?,25-/m0/s1. The largest absolute Gasteiger partial charge is 0.481 e. The number of aliphatic hydroxyl groups excluding tert-OH is 1. The van der Waals surface area contributed by atoms with Gasteiger partial charge in [0.05, 0.1) is 24.7 Å². The second-order valence-electron chi connectivity index (χ2n) is 10.3. The Balaban J connectivity index is 3.12. The molecule has 0 aliphatic carbocycles. The number of benzene rings is 1. The first-order valence-electron chi connectivity index (χ1n) is 13.2. The zero-order valence-corrected chi connectivity index (χ0v) is 24.3. The van der Waals surface area contributed by atoms with E-state index in [9.17, 15) is 29.4 Å². The number of rotatable bonds is 15. The van der Waals surface area contributed by atoms with Crippen molar-refractivity contribution in [2.75, 3.05) is 21.2 Å². The number of carbonyl (C=O) groups excluding carboxylic acids is 3. The van der Waals surface area contributed by atoms with Gasteiger partial charge in [0.2, 0.25) is 11.8 Å². The highest BCUT2D eigenvalue weighted by molar-refractivity contribution is 5.92. The second kappa shape index (κ2) is 16.0. The van der Waals surface area contributed by atoms with Gasteiger partial charge in [-0.2, -0.15) is 0 Å². The number of hydrogen-bond donors (Lipinski definition) is 3. The highest BCUT2D eigenvalue weighted by atomic mass is 16.6. The van der Waals surface area contributed by atoms with E-state index in [1.54, 1.807) is 45.2 Å². The monoisotopic (exact) mass is 551 g/mol. The Morgan fingerprint density at radius 3 is 2.05 bits per heavy atom. The highest BCUT2D eigenvalue weighted by Gasteiger charge is 2.40. The van der Waals surface area contributed by atoms with E-state index in [1.165, 1.54) is 26.0 Å². The molecule has 0 radical (unpaired) electrons. The molecule has 220 valence electrons. The van der Waals surface area contributed by atoms with Gasteiger partial charge in [-0.25, -0.2) is 4.79 Å². The lowest BCUT2D eigenvalue weighted by atomic mass is 9.90. The zero-order chi connectivity index (χ0) is 29.9. The minimum absolute atomic E-state index is 0.00985. The molecule has 11 heteroatoms. The first-order chi connectivity index (χ1) is 18.3. The van der Waals surface area contributed by atoms with Crippen LogP contribution < -0.4 is 5.32 Å². The molecule has 11 nitrogen and oxygen atoms in total. The van der Waals surface area contributed by atoms with E-state index in [-0.39, 0.29) is 24.9 Å². The third kappa shape index (κ3) is 9.81.